The zero-order valence-electron chi connectivity index (χ0n) is 13.6. The van der Waals surface area contributed by atoms with Crippen LogP contribution in [0.5, 0.6) is 5.75 Å². The quantitative estimate of drug-likeness (QED) is 0.901. The van der Waals surface area contributed by atoms with Crippen LogP contribution < -0.4 is 10.1 Å². The Kier molecular flexibility index (Phi) is 5.35. The van der Waals surface area contributed by atoms with E-state index in [1.165, 1.54) is 0 Å². The molecule has 1 fully saturated rings. The fourth-order valence-corrected chi connectivity index (χ4v) is 2.64. The van der Waals surface area contributed by atoms with E-state index in [2.05, 4.69) is 5.32 Å². The Bertz CT molecular complexity index is 539. The van der Waals surface area contributed by atoms with Crippen LogP contribution in [0, 0.1) is 6.92 Å². The summed E-state index contributed by atoms with van der Waals surface area (Å²) >= 11 is 6.14. The molecule has 0 unspecified atom stereocenters. The first-order chi connectivity index (χ1) is 10.3. The van der Waals surface area contributed by atoms with Crippen LogP contribution in [0.25, 0.3) is 0 Å². The van der Waals surface area contributed by atoms with Crippen molar-refractivity contribution >= 4 is 17.5 Å². The van der Waals surface area contributed by atoms with Gasteiger partial charge in [-0.05, 0) is 58.2 Å². The highest BCUT2D eigenvalue weighted by Crippen LogP contribution is 2.29. The molecule has 1 aromatic carbocycles. The number of ether oxygens (including phenoxy) is 2. The van der Waals surface area contributed by atoms with Gasteiger partial charge in [-0.3, -0.25) is 4.79 Å². The number of amides is 1. The Balaban J connectivity index is 2.02. The molecule has 22 heavy (non-hydrogen) atoms. The molecule has 122 valence electrons. The standard InChI is InChI=1S/C17H24ClNO3/c1-11-7-8-13(18)15(10-11)22-17(3,4)16(20)19-12(2)14-6-5-9-21-14/h7-8,10,12,14H,5-6,9H2,1-4H3,(H,19,20)/t12-,14+/m1/s1. The van der Waals surface area contributed by atoms with E-state index in [0.717, 1.165) is 25.0 Å². The highest BCUT2D eigenvalue weighted by molar-refractivity contribution is 6.32. The molecule has 1 N–H and O–H groups in total. The number of nitrogens with one attached hydrogen (secondary N) is 1. The monoisotopic (exact) mass is 325 g/mol. The van der Waals surface area contributed by atoms with Crippen molar-refractivity contribution in [3.8, 4) is 5.75 Å². The largest absolute Gasteiger partial charge is 0.476 e. The maximum Gasteiger partial charge on any atom is 0.263 e. The lowest BCUT2D eigenvalue weighted by Gasteiger charge is -2.29. The molecule has 1 saturated heterocycles. The lowest BCUT2D eigenvalue weighted by Crippen LogP contribution is -2.52. The van der Waals surface area contributed by atoms with Crippen molar-refractivity contribution in [1.82, 2.24) is 5.32 Å². The third-order valence-corrected chi connectivity index (χ3v) is 4.19. The Labute approximate surface area is 137 Å². The van der Waals surface area contributed by atoms with Crippen molar-refractivity contribution in [2.24, 2.45) is 0 Å². The first-order valence-electron chi connectivity index (χ1n) is 7.67. The minimum absolute atomic E-state index is 0.0362. The van der Waals surface area contributed by atoms with Crippen molar-refractivity contribution in [1.29, 1.82) is 0 Å². The molecular weight excluding hydrogens is 302 g/mol. The molecule has 2 atom stereocenters. The Morgan fingerprint density at radius 2 is 2.23 bits per heavy atom. The third kappa shape index (κ3) is 4.14. The third-order valence-electron chi connectivity index (χ3n) is 3.88. The molecule has 1 heterocycles. The molecule has 1 amide bonds. The summed E-state index contributed by atoms with van der Waals surface area (Å²) in [6.07, 6.45) is 2.11. The number of hydrogen-bond acceptors (Lipinski definition) is 3. The molecule has 1 aliphatic rings. The smallest absolute Gasteiger partial charge is 0.263 e. The average Bonchev–Trinajstić information content (AvgIpc) is 2.96. The SMILES string of the molecule is Cc1ccc(Cl)c(OC(C)(C)C(=O)N[C@H](C)[C@@H]2CCCO2)c1. The molecule has 0 aromatic heterocycles. The second kappa shape index (κ2) is 6.88. The fourth-order valence-electron chi connectivity index (χ4n) is 2.48. The van der Waals surface area contributed by atoms with Gasteiger partial charge in [-0.1, -0.05) is 17.7 Å². The topological polar surface area (TPSA) is 47.6 Å². The maximum atomic E-state index is 12.5. The van der Waals surface area contributed by atoms with Gasteiger partial charge in [0.1, 0.15) is 5.75 Å². The summed E-state index contributed by atoms with van der Waals surface area (Å²) in [6, 6.07) is 5.48. The summed E-state index contributed by atoms with van der Waals surface area (Å²) in [7, 11) is 0. The van der Waals surface area contributed by atoms with E-state index in [-0.39, 0.29) is 18.1 Å². The van der Waals surface area contributed by atoms with E-state index < -0.39 is 5.60 Å². The summed E-state index contributed by atoms with van der Waals surface area (Å²) in [5.74, 6) is 0.347. The van der Waals surface area contributed by atoms with E-state index in [9.17, 15) is 4.79 Å². The molecular formula is C17H24ClNO3. The highest BCUT2D eigenvalue weighted by Gasteiger charge is 2.33. The van der Waals surface area contributed by atoms with Gasteiger partial charge in [-0.2, -0.15) is 0 Å². The Morgan fingerprint density at radius 3 is 2.86 bits per heavy atom. The highest BCUT2D eigenvalue weighted by atomic mass is 35.5. The van der Waals surface area contributed by atoms with E-state index in [1.54, 1.807) is 19.9 Å². The maximum absolute atomic E-state index is 12.5. The van der Waals surface area contributed by atoms with Gasteiger partial charge in [0.05, 0.1) is 17.2 Å². The lowest BCUT2D eigenvalue weighted by atomic mass is 10.1. The summed E-state index contributed by atoms with van der Waals surface area (Å²) in [4.78, 5) is 12.5. The fraction of sp³-hybridized carbons (Fsp3) is 0.588. The predicted molar refractivity (Wildman–Crippen MR) is 87.5 cm³/mol. The van der Waals surface area contributed by atoms with Crippen molar-refractivity contribution < 1.29 is 14.3 Å². The van der Waals surface area contributed by atoms with E-state index in [4.69, 9.17) is 21.1 Å². The zero-order chi connectivity index (χ0) is 16.3. The summed E-state index contributed by atoms with van der Waals surface area (Å²) < 4.78 is 11.5. The number of aryl methyl sites for hydroxylation is 1. The minimum atomic E-state index is -1.01. The van der Waals surface area contributed by atoms with Gasteiger partial charge in [0.15, 0.2) is 5.60 Å². The van der Waals surface area contributed by atoms with Crippen LogP contribution in [0.2, 0.25) is 5.02 Å². The zero-order valence-corrected chi connectivity index (χ0v) is 14.4. The van der Waals surface area contributed by atoms with Crippen molar-refractivity contribution in [2.45, 2.75) is 58.3 Å². The molecule has 1 aliphatic heterocycles. The van der Waals surface area contributed by atoms with Gasteiger partial charge in [0, 0.05) is 6.61 Å². The lowest BCUT2D eigenvalue weighted by molar-refractivity contribution is -0.135. The molecule has 0 aliphatic carbocycles. The van der Waals surface area contributed by atoms with Crippen LogP contribution in [-0.2, 0) is 9.53 Å². The van der Waals surface area contributed by atoms with Crippen molar-refractivity contribution in [2.75, 3.05) is 6.61 Å². The van der Waals surface area contributed by atoms with Crippen LogP contribution in [0.3, 0.4) is 0 Å². The number of carbonyl (C=O) groups is 1. The van der Waals surface area contributed by atoms with Gasteiger partial charge in [0.2, 0.25) is 0 Å². The summed E-state index contributed by atoms with van der Waals surface area (Å²) in [5, 5.41) is 3.48. The van der Waals surface area contributed by atoms with Gasteiger partial charge in [0.25, 0.3) is 5.91 Å². The molecule has 0 bridgehead atoms. The molecule has 0 saturated carbocycles. The van der Waals surface area contributed by atoms with E-state index in [1.807, 2.05) is 26.0 Å². The average molecular weight is 326 g/mol. The van der Waals surface area contributed by atoms with E-state index in [0.29, 0.717) is 10.8 Å². The Morgan fingerprint density at radius 1 is 1.50 bits per heavy atom. The minimum Gasteiger partial charge on any atom is -0.476 e. The summed E-state index contributed by atoms with van der Waals surface area (Å²) in [5.41, 5.74) is 0.0212. The molecule has 4 nitrogen and oxygen atoms in total. The first-order valence-corrected chi connectivity index (χ1v) is 8.05. The van der Waals surface area contributed by atoms with Crippen LogP contribution >= 0.6 is 11.6 Å². The van der Waals surface area contributed by atoms with E-state index >= 15 is 0 Å². The number of halogens is 1. The molecule has 0 radical (unpaired) electrons. The predicted octanol–water partition coefficient (Wildman–Crippen LogP) is 3.49. The number of rotatable bonds is 5. The van der Waals surface area contributed by atoms with Crippen LogP contribution in [0.1, 0.15) is 39.2 Å². The molecule has 5 heteroatoms. The van der Waals surface area contributed by atoms with Gasteiger partial charge in [-0.25, -0.2) is 0 Å². The van der Waals surface area contributed by atoms with Crippen LogP contribution in [0.4, 0.5) is 0 Å². The van der Waals surface area contributed by atoms with Crippen molar-refractivity contribution in [3.63, 3.8) is 0 Å². The van der Waals surface area contributed by atoms with Crippen molar-refractivity contribution in [3.05, 3.63) is 28.8 Å². The van der Waals surface area contributed by atoms with Crippen LogP contribution in [0.15, 0.2) is 18.2 Å². The van der Waals surface area contributed by atoms with Gasteiger partial charge < -0.3 is 14.8 Å². The summed E-state index contributed by atoms with van der Waals surface area (Å²) in [6.45, 7) is 8.16. The number of carbonyl (C=O) groups excluding carboxylic acids is 1. The second-order valence-corrected chi connectivity index (χ2v) is 6.77. The van der Waals surface area contributed by atoms with Crippen LogP contribution in [-0.4, -0.2) is 30.3 Å². The second-order valence-electron chi connectivity index (χ2n) is 6.36. The first kappa shape index (κ1) is 17.1. The normalized spacial score (nSPS) is 19.8. The molecule has 2 rings (SSSR count). The molecule has 1 aromatic rings. The Hall–Kier alpha value is -1.26. The number of benzene rings is 1. The number of hydrogen-bond donors (Lipinski definition) is 1. The van der Waals surface area contributed by atoms with Gasteiger partial charge >= 0.3 is 0 Å². The molecule has 0 spiro atoms. The van der Waals surface area contributed by atoms with Gasteiger partial charge in [-0.15, -0.1) is 0 Å².